The summed E-state index contributed by atoms with van der Waals surface area (Å²) in [5.41, 5.74) is 10.4. The monoisotopic (exact) mass is 427 g/mol. The molecule has 0 unspecified atom stereocenters. The van der Waals surface area contributed by atoms with Crippen LogP contribution in [-0.2, 0) is 17.9 Å². The molecule has 5 nitrogen and oxygen atoms in total. The van der Waals surface area contributed by atoms with Crippen LogP contribution in [0, 0.1) is 0 Å². The molecule has 1 aliphatic carbocycles. The van der Waals surface area contributed by atoms with Gasteiger partial charge in [0.25, 0.3) is 0 Å². The van der Waals surface area contributed by atoms with E-state index in [0.29, 0.717) is 17.5 Å². The average Bonchev–Trinajstić information content (AvgIpc) is 2.77. The number of benzene rings is 3. The third kappa shape index (κ3) is 6.22. The van der Waals surface area contributed by atoms with Crippen LogP contribution >= 0.6 is 0 Å². The second-order valence-electron chi connectivity index (χ2n) is 8.08. The number of carbonyl (C=O) groups excluding carboxylic acids is 1. The smallest absolute Gasteiger partial charge is 0.248 e. The maximum atomic E-state index is 12.2. The van der Waals surface area contributed by atoms with E-state index < -0.39 is 0 Å². The van der Waals surface area contributed by atoms with Gasteiger partial charge in [-0.05, 0) is 66.3 Å². The van der Waals surface area contributed by atoms with Crippen LogP contribution in [0.1, 0.15) is 36.0 Å². The quantitative estimate of drug-likeness (QED) is 0.326. The number of amides is 1. The Balaban J connectivity index is 1.27. The maximum absolute atomic E-state index is 12.2. The molecule has 0 radical (unpaired) electrons. The number of nitrogens with two attached hydrogens (primary N) is 1. The van der Waals surface area contributed by atoms with Gasteiger partial charge in [0.2, 0.25) is 5.91 Å². The van der Waals surface area contributed by atoms with Crippen LogP contribution in [-0.4, -0.2) is 12.0 Å². The van der Waals surface area contributed by atoms with Crippen molar-refractivity contribution < 1.29 is 9.53 Å². The van der Waals surface area contributed by atoms with Crippen molar-refractivity contribution in [3.8, 4) is 5.75 Å². The molecule has 0 aromatic heterocycles. The van der Waals surface area contributed by atoms with Gasteiger partial charge >= 0.3 is 0 Å². The Kier molecular flexibility index (Phi) is 7.20. The van der Waals surface area contributed by atoms with Crippen LogP contribution in [0.5, 0.6) is 5.75 Å². The molecular formula is C27H29N3O2. The van der Waals surface area contributed by atoms with Gasteiger partial charge in [0.15, 0.2) is 0 Å². The third-order valence-corrected chi connectivity index (χ3v) is 5.51. The summed E-state index contributed by atoms with van der Waals surface area (Å²) in [7, 11) is 0. The van der Waals surface area contributed by atoms with Gasteiger partial charge in [-0.2, -0.15) is 0 Å². The molecule has 32 heavy (non-hydrogen) atoms. The average molecular weight is 428 g/mol. The van der Waals surface area contributed by atoms with Crippen molar-refractivity contribution in [1.82, 2.24) is 5.32 Å². The molecule has 3 aromatic carbocycles. The number of nitrogen functional groups attached to an aromatic ring is 1. The van der Waals surface area contributed by atoms with Crippen molar-refractivity contribution in [2.24, 2.45) is 0 Å². The summed E-state index contributed by atoms with van der Waals surface area (Å²) < 4.78 is 5.99. The summed E-state index contributed by atoms with van der Waals surface area (Å²) in [4.78, 5) is 12.2. The van der Waals surface area contributed by atoms with E-state index in [2.05, 4.69) is 34.9 Å². The van der Waals surface area contributed by atoms with Crippen molar-refractivity contribution in [3.05, 3.63) is 95.6 Å². The number of anilines is 2. The molecule has 0 spiro atoms. The number of hydrogen-bond acceptors (Lipinski definition) is 4. The molecule has 1 fully saturated rings. The van der Waals surface area contributed by atoms with E-state index in [1.807, 2.05) is 36.4 Å². The largest absolute Gasteiger partial charge is 0.490 e. The standard InChI is InChI=1S/C27H29N3O2/c28-25-12-1-2-13-26(25)30-27(31)15-14-20-6-3-7-21(16-20)18-29-19-22-8-4-11-24(17-22)32-23-9-5-10-23/h1-4,6-8,11-17,23,29H,5,9-10,18-19,28H2,(H,30,31)/b15-14+. The fraction of sp³-hybridized carbons (Fsp3) is 0.222. The Hall–Kier alpha value is -3.57. The first-order valence-corrected chi connectivity index (χ1v) is 11.0. The molecule has 1 amide bonds. The summed E-state index contributed by atoms with van der Waals surface area (Å²) >= 11 is 0. The van der Waals surface area contributed by atoms with Crippen molar-refractivity contribution in [1.29, 1.82) is 0 Å². The zero-order chi connectivity index (χ0) is 22.2. The van der Waals surface area contributed by atoms with E-state index in [0.717, 1.165) is 42.8 Å². The van der Waals surface area contributed by atoms with Crippen LogP contribution in [0.25, 0.3) is 6.08 Å². The molecule has 1 aliphatic rings. The van der Waals surface area contributed by atoms with Gasteiger partial charge in [0.05, 0.1) is 17.5 Å². The van der Waals surface area contributed by atoms with Crippen LogP contribution in [0.15, 0.2) is 78.9 Å². The molecule has 0 atom stereocenters. The second-order valence-corrected chi connectivity index (χ2v) is 8.08. The van der Waals surface area contributed by atoms with E-state index >= 15 is 0 Å². The number of nitrogens with one attached hydrogen (secondary N) is 2. The van der Waals surface area contributed by atoms with Gasteiger partial charge in [-0.3, -0.25) is 4.79 Å². The predicted octanol–water partition coefficient (Wildman–Crippen LogP) is 5.14. The first-order valence-electron chi connectivity index (χ1n) is 11.0. The number of hydrogen-bond donors (Lipinski definition) is 3. The van der Waals surface area contributed by atoms with E-state index in [1.165, 1.54) is 18.1 Å². The lowest BCUT2D eigenvalue weighted by Crippen LogP contribution is -2.24. The molecule has 0 bridgehead atoms. The van der Waals surface area contributed by atoms with E-state index in [1.54, 1.807) is 18.2 Å². The highest BCUT2D eigenvalue weighted by molar-refractivity contribution is 6.03. The van der Waals surface area contributed by atoms with E-state index in [-0.39, 0.29) is 5.91 Å². The summed E-state index contributed by atoms with van der Waals surface area (Å²) in [6.45, 7) is 1.50. The highest BCUT2D eigenvalue weighted by Crippen LogP contribution is 2.25. The Morgan fingerprint density at radius 2 is 1.72 bits per heavy atom. The van der Waals surface area contributed by atoms with E-state index in [4.69, 9.17) is 10.5 Å². The molecule has 4 rings (SSSR count). The minimum atomic E-state index is -0.213. The van der Waals surface area contributed by atoms with Gasteiger partial charge in [0.1, 0.15) is 5.75 Å². The summed E-state index contributed by atoms with van der Waals surface area (Å²) in [6.07, 6.45) is 7.31. The van der Waals surface area contributed by atoms with Crippen LogP contribution in [0.2, 0.25) is 0 Å². The van der Waals surface area contributed by atoms with Gasteiger partial charge in [-0.25, -0.2) is 0 Å². The SMILES string of the molecule is Nc1ccccc1NC(=O)/C=C/c1cccc(CNCc2cccc(OC3CCC3)c2)c1. The van der Waals surface area contributed by atoms with E-state index in [9.17, 15) is 4.79 Å². The molecular weight excluding hydrogens is 398 g/mol. The predicted molar refractivity (Wildman–Crippen MR) is 130 cm³/mol. The lowest BCUT2D eigenvalue weighted by Gasteiger charge is -2.26. The van der Waals surface area contributed by atoms with Crippen LogP contribution < -0.4 is 21.1 Å². The Morgan fingerprint density at radius 3 is 2.47 bits per heavy atom. The van der Waals surface area contributed by atoms with Crippen LogP contribution in [0.3, 0.4) is 0 Å². The summed E-state index contributed by atoms with van der Waals surface area (Å²) in [5, 5.41) is 6.28. The Labute approximate surface area is 189 Å². The maximum Gasteiger partial charge on any atom is 0.248 e. The van der Waals surface area contributed by atoms with Crippen molar-refractivity contribution in [3.63, 3.8) is 0 Å². The Bertz CT molecular complexity index is 1090. The first kappa shape index (κ1) is 21.7. The lowest BCUT2D eigenvalue weighted by molar-refractivity contribution is -0.111. The van der Waals surface area contributed by atoms with Crippen LogP contribution in [0.4, 0.5) is 11.4 Å². The molecule has 164 valence electrons. The Morgan fingerprint density at radius 1 is 0.969 bits per heavy atom. The molecule has 0 saturated heterocycles. The highest BCUT2D eigenvalue weighted by atomic mass is 16.5. The summed E-state index contributed by atoms with van der Waals surface area (Å²) in [5.74, 6) is 0.743. The molecule has 1 saturated carbocycles. The van der Waals surface area contributed by atoms with Gasteiger partial charge in [0, 0.05) is 19.2 Å². The fourth-order valence-electron chi connectivity index (χ4n) is 3.52. The van der Waals surface area contributed by atoms with Gasteiger partial charge in [-0.15, -0.1) is 0 Å². The number of rotatable bonds is 9. The molecule has 3 aromatic rings. The zero-order valence-electron chi connectivity index (χ0n) is 18.1. The van der Waals surface area contributed by atoms with Gasteiger partial charge in [-0.1, -0.05) is 48.5 Å². The number of ether oxygens (including phenoxy) is 1. The summed E-state index contributed by atoms with van der Waals surface area (Å²) in [6, 6.07) is 23.6. The van der Waals surface area contributed by atoms with Gasteiger partial charge < -0.3 is 21.1 Å². The van der Waals surface area contributed by atoms with Crippen molar-refractivity contribution in [2.75, 3.05) is 11.1 Å². The number of para-hydroxylation sites is 2. The molecule has 4 N–H and O–H groups in total. The minimum absolute atomic E-state index is 0.213. The molecule has 0 heterocycles. The zero-order valence-corrected chi connectivity index (χ0v) is 18.1. The first-order chi connectivity index (χ1) is 15.7. The molecule has 5 heteroatoms. The third-order valence-electron chi connectivity index (χ3n) is 5.51. The number of carbonyl (C=O) groups is 1. The fourth-order valence-corrected chi connectivity index (χ4v) is 3.52. The second kappa shape index (κ2) is 10.6. The normalized spacial score (nSPS) is 13.6. The minimum Gasteiger partial charge on any atom is -0.490 e. The van der Waals surface area contributed by atoms with Crippen molar-refractivity contribution >= 4 is 23.4 Å². The lowest BCUT2D eigenvalue weighted by atomic mass is 9.96. The van der Waals surface area contributed by atoms with Crippen molar-refractivity contribution in [2.45, 2.75) is 38.5 Å². The highest BCUT2D eigenvalue weighted by Gasteiger charge is 2.18. The topological polar surface area (TPSA) is 76.4 Å². The molecule has 0 aliphatic heterocycles.